The molecule has 40 heavy (non-hydrogen) atoms. The number of amides is 3. The number of aromatic nitrogens is 1. The van der Waals surface area contributed by atoms with Crippen molar-refractivity contribution < 1.29 is 27.6 Å². The third kappa shape index (κ3) is 9.72. The predicted octanol–water partition coefficient (Wildman–Crippen LogP) is 6.96. The molecule has 0 radical (unpaired) electrons. The molecule has 0 aliphatic carbocycles. The number of benzene rings is 2. The highest BCUT2D eigenvalue weighted by Gasteiger charge is 2.37. The average Bonchev–Trinajstić information content (AvgIpc) is 2.89. The summed E-state index contributed by atoms with van der Waals surface area (Å²) >= 11 is 11.1. The summed E-state index contributed by atoms with van der Waals surface area (Å²) in [6.07, 6.45) is 2.48. The Labute approximate surface area is 244 Å². The Hall–Kier alpha value is -3.28. The first-order valence-corrected chi connectivity index (χ1v) is 13.2. The smallest absolute Gasteiger partial charge is 0.327 e. The number of hydrogen-bond acceptors (Lipinski definition) is 5. The van der Waals surface area contributed by atoms with Gasteiger partial charge < -0.3 is 15.1 Å². The van der Waals surface area contributed by atoms with Gasteiger partial charge in [0.25, 0.3) is 5.91 Å². The molecule has 0 aliphatic rings. The Morgan fingerprint density at radius 2 is 1.68 bits per heavy atom. The van der Waals surface area contributed by atoms with Gasteiger partial charge in [0.2, 0.25) is 12.8 Å². The number of carbonyl (C=O) groups is 3. The number of nitrogens with one attached hydrogen (secondary N) is 1. The Morgan fingerprint density at radius 3 is 2.20 bits per heavy atom. The lowest BCUT2D eigenvalue weighted by atomic mass is 10.00. The Morgan fingerprint density at radius 1 is 1.02 bits per heavy atom. The summed E-state index contributed by atoms with van der Waals surface area (Å²) in [6, 6.07) is 14.2. The Balaban J connectivity index is 0.000000526. The maximum atomic E-state index is 13.1. The first-order valence-electron chi connectivity index (χ1n) is 11.6. The fraction of sp³-hybridized carbons (Fsp3) is 0.259. The van der Waals surface area contributed by atoms with Crippen molar-refractivity contribution in [3.63, 3.8) is 0 Å². The summed E-state index contributed by atoms with van der Waals surface area (Å²) in [6.45, 7) is 5.19. The molecule has 1 N–H and O–H groups in total. The van der Waals surface area contributed by atoms with E-state index in [1.165, 1.54) is 47.3 Å². The summed E-state index contributed by atoms with van der Waals surface area (Å²) in [5.41, 5.74) is -3.51. The van der Waals surface area contributed by atoms with Crippen LogP contribution in [0.4, 0.5) is 24.7 Å². The van der Waals surface area contributed by atoms with Gasteiger partial charge in [-0.25, -0.2) is 4.98 Å². The molecule has 0 bridgehead atoms. The number of thioether (sulfide) groups is 1. The molecule has 1 aromatic heterocycles. The summed E-state index contributed by atoms with van der Waals surface area (Å²) < 4.78 is 37.5. The second-order valence-electron chi connectivity index (χ2n) is 8.93. The number of alkyl halides is 3. The summed E-state index contributed by atoms with van der Waals surface area (Å²) in [4.78, 5) is 42.0. The molecule has 214 valence electrons. The van der Waals surface area contributed by atoms with Gasteiger partial charge in [-0.15, -0.1) is 0 Å². The lowest BCUT2D eigenvalue weighted by molar-refractivity contribution is -0.137. The van der Waals surface area contributed by atoms with Gasteiger partial charge in [0.1, 0.15) is 11.4 Å². The number of likely N-dealkylation sites (N-methyl/N-ethyl adjacent to an activating group) is 1. The van der Waals surface area contributed by atoms with Crippen molar-refractivity contribution in [1.82, 2.24) is 9.88 Å². The van der Waals surface area contributed by atoms with Crippen LogP contribution in [0.25, 0.3) is 0 Å². The summed E-state index contributed by atoms with van der Waals surface area (Å²) in [7, 11) is 1.48. The zero-order valence-electron chi connectivity index (χ0n) is 22.0. The van der Waals surface area contributed by atoms with Gasteiger partial charge in [-0.05, 0) is 92.2 Å². The molecule has 2 aromatic carbocycles. The summed E-state index contributed by atoms with van der Waals surface area (Å²) in [5, 5.41) is 3.65. The molecule has 7 nitrogen and oxygen atoms in total. The number of nitrogens with zero attached hydrogens (tertiary/aromatic N) is 3. The molecule has 0 atom stereocenters. The van der Waals surface area contributed by atoms with E-state index in [0.29, 0.717) is 39.9 Å². The van der Waals surface area contributed by atoms with E-state index in [4.69, 9.17) is 23.2 Å². The topological polar surface area (TPSA) is 82.6 Å². The van der Waals surface area contributed by atoms with Crippen molar-refractivity contribution in [3.8, 4) is 0 Å². The van der Waals surface area contributed by atoms with Crippen molar-refractivity contribution in [2.24, 2.45) is 0 Å². The van der Waals surface area contributed by atoms with Crippen LogP contribution in [0, 0.1) is 6.92 Å². The zero-order chi connectivity index (χ0) is 30.1. The van der Waals surface area contributed by atoms with E-state index in [9.17, 15) is 27.6 Å². The van der Waals surface area contributed by atoms with E-state index >= 15 is 0 Å². The van der Waals surface area contributed by atoms with Crippen LogP contribution in [0.15, 0.2) is 65.7 Å². The number of pyridine rings is 1. The van der Waals surface area contributed by atoms with Crippen LogP contribution in [0.2, 0.25) is 10.0 Å². The van der Waals surface area contributed by atoms with E-state index in [0.717, 1.165) is 5.56 Å². The number of halogens is 5. The van der Waals surface area contributed by atoms with Gasteiger partial charge in [-0.3, -0.25) is 14.4 Å². The largest absolute Gasteiger partial charge is 0.446 e. The minimum absolute atomic E-state index is 0.00306. The first kappa shape index (κ1) is 32.9. The highest BCUT2D eigenvalue weighted by molar-refractivity contribution is 8.00. The van der Waals surface area contributed by atoms with Crippen LogP contribution in [-0.4, -0.2) is 46.7 Å². The quantitative estimate of drug-likeness (QED) is 0.208. The molecule has 3 rings (SSSR count). The monoisotopic (exact) mass is 614 g/mol. The van der Waals surface area contributed by atoms with Crippen LogP contribution in [0.1, 0.15) is 25.0 Å². The van der Waals surface area contributed by atoms with Crippen molar-refractivity contribution in [2.75, 3.05) is 17.3 Å². The van der Waals surface area contributed by atoms with Crippen molar-refractivity contribution in [1.29, 1.82) is 0 Å². The molecule has 0 saturated carbocycles. The van der Waals surface area contributed by atoms with Crippen molar-refractivity contribution in [3.05, 3.63) is 82.0 Å². The van der Waals surface area contributed by atoms with Gasteiger partial charge in [0.05, 0.1) is 10.0 Å². The van der Waals surface area contributed by atoms with E-state index in [1.807, 2.05) is 19.1 Å². The van der Waals surface area contributed by atoms with E-state index in [-0.39, 0.29) is 23.2 Å². The van der Waals surface area contributed by atoms with E-state index in [2.05, 4.69) is 10.3 Å². The first-order chi connectivity index (χ1) is 18.7. The van der Waals surface area contributed by atoms with Gasteiger partial charge in [0, 0.05) is 30.4 Å². The average molecular weight is 616 g/mol. The second-order valence-corrected chi connectivity index (χ2v) is 10.9. The van der Waals surface area contributed by atoms with Gasteiger partial charge >= 0.3 is 5.51 Å². The third-order valence-corrected chi connectivity index (χ3v) is 7.07. The Bertz CT molecular complexity index is 1330. The summed E-state index contributed by atoms with van der Waals surface area (Å²) in [5.74, 6) is -0.132. The normalized spacial score (nSPS) is 11.1. The molecule has 13 heteroatoms. The van der Waals surface area contributed by atoms with Crippen LogP contribution in [0.3, 0.4) is 0 Å². The van der Waals surface area contributed by atoms with Gasteiger partial charge in [-0.1, -0.05) is 29.3 Å². The molecule has 1 heterocycles. The molecular formula is C27H27Cl2F3N4O3S. The zero-order valence-corrected chi connectivity index (χ0v) is 24.3. The standard InChI is InChI=1S/C20H21F3N4O3S.C7H6Cl2/c1-19(2,27(13-29)11-14-8-9-24-17(10-14)25-12-28)18(30)26(3)15-4-6-16(7-5-15)31-20(21,22)23;1-5-2-3-6(8)7(9)4-5/h4-10,12-13H,11H2,1-3H3,(H,24,25,28);2-4H,1H3. The van der Waals surface area contributed by atoms with Gasteiger partial charge in [0.15, 0.2) is 0 Å². The SMILES string of the molecule is CN(C(=O)C(C)(C)N(C=O)Cc1ccnc(NC=O)c1)c1ccc(SC(F)(F)F)cc1.Cc1ccc(Cl)c(Cl)c1. The maximum Gasteiger partial charge on any atom is 0.446 e. The number of carbonyl (C=O) groups excluding carboxylic acids is 3. The lowest BCUT2D eigenvalue weighted by Gasteiger charge is -2.37. The lowest BCUT2D eigenvalue weighted by Crippen LogP contribution is -2.54. The molecule has 0 unspecified atom stereocenters. The highest BCUT2D eigenvalue weighted by Crippen LogP contribution is 2.37. The molecule has 0 fully saturated rings. The van der Waals surface area contributed by atoms with Crippen LogP contribution in [0.5, 0.6) is 0 Å². The minimum atomic E-state index is -4.40. The van der Waals surface area contributed by atoms with Crippen LogP contribution >= 0.6 is 35.0 Å². The highest BCUT2D eigenvalue weighted by atomic mass is 35.5. The maximum absolute atomic E-state index is 13.1. The number of aryl methyl sites for hydroxylation is 1. The van der Waals surface area contributed by atoms with Crippen LogP contribution in [-0.2, 0) is 20.9 Å². The van der Waals surface area contributed by atoms with E-state index in [1.54, 1.807) is 32.0 Å². The number of rotatable bonds is 9. The van der Waals surface area contributed by atoms with Crippen molar-refractivity contribution >= 4 is 65.2 Å². The molecule has 3 amide bonds. The fourth-order valence-electron chi connectivity index (χ4n) is 3.40. The van der Waals surface area contributed by atoms with E-state index < -0.39 is 17.0 Å². The minimum Gasteiger partial charge on any atom is -0.327 e. The predicted molar refractivity (Wildman–Crippen MR) is 153 cm³/mol. The van der Waals surface area contributed by atoms with Crippen LogP contribution < -0.4 is 10.2 Å². The molecule has 0 spiro atoms. The second kappa shape index (κ2) is 14.4. The molecule has 3 aromatic rings. The molecule has 0 saturated heterocycles. The third-order valence-electron chi connectivity index (χ3n) is 5.59. The number of hydrogen-bond donors (Lipinski definition) is 1. The Kier molecular flexibility index (Phi) is 11.8. The molecule has 0 aliphatic heterocycles. The fourth-order valence-corrected chi connectivity index (χ4v) is 4.29. The van der Waals surface area contributed by atoms with Gasteiger partial charge in [-0.2, -0.15) is 13.2 Å². The number of anilines is 2. The molecular weight excluding hydrogens is 588 g/mol. The van der Waals surface area contributed by atoms with Crippen molar-refractivity contribution in [2.45, 2.75) is 43.3 Å².